The summed E-state index contributed by atoms with van der Waals surface area (Å²) in [6, 6.07) is 3.63. The number of nitrogens with zero attached hydrogens (tertiary/aromatic N) is 3. The first-order valence-electron chi connectivity index (χ1n) is 8.44. The molecule has 0 aromatic carbocycles. The monoisotopic (exact) mass is 352 g/mol. The van der Waals surface area contributed by atoms with E-state index in [1.54, 1.807) is 14.8 Å². The van der Waals surface area contributed by atoms with Gasteiger partial charge in [0.1, 0.15) is 0 Å². The molecule has 3 rings (SSSR count). The van der Waals surface area contributed by atoms with Gasteiger partial charge in [0, 0.05) is 32.8 Å². The van der Waals surface area contributed by atoms with Crippen LogP contribution in [0.3, 0.4) is 0 Å². The molecule has 24 heavy (non-hydrogen) atoms. The smallest absolute Gasteiger partial charge is 0.282 e. The van der Waals surface area contributed by atoms with E-state index < -0.39 is 10.2 Å². The molecule has 0 radical (unpaired) electrons. The molecule has 2 aliphatic rings. The zero-order valence-corrected chi connectivity index (χ0v) is 14.8. The molecule has 7 nitrogen and oxygen atoms in total. The molecular formula is C16H24N4O3S. The Morgan fingerprint density at radius 3 is 2.75 bits per heavy atom. The highest BCUT2D eigenvalue weighted by molar-refractivity contribution is 7.86. The van der Waals surface area contributed by atoms with E-state index in [2.05, 4.69) is 10.3 Å². The van der Waals surface area contributed by atoms with Crippen molar-refractivity contribution in [2.75, 3.05) is 19.6 Å². The Labute approximate surface area is 143 Å². The molecular weight excluding hydrogens is 328 g/mol. The van der Waals surface area contributed by atoms with Crippen molar-refractivity contribution < 1.29 is 13.2 Å². The fourth-order valence-corrected chi connectivity index (χ4v) is 5.36. The SMILES string of the molecule is CC(=O)NCc1cc([C@@H]2CCCN2S(=O)(=O)N2CCCC2)ccn1. The van der Waals surface area contributed by atoms with Crippen LogP contribution in [0, 0.1) is 0 Å². The molecule has 1 atom stereocenters. The zero-order valence-electron chi connectivity index (χ0n) is 13.9. The molecule has 8 heteroatoms. The first kappa shape index (κ1) is 17.3. The van der Waals surface area contributed by atoms with Gasteiger partial charge >= 0.3 is 0 Å². The lowest BCUT2D eigenvalue weighted by Gasteiger charge is -2.28. The second-order valence-corrected chi connectivity index (χ2v) is 8.25. The Morgan fingerprint density at radius 1 is 1.29 bits per heavy atom. The Morgan fingerprint density at radius 2 is 2.04 bits per heavy atom. The third kappa shape index (κ3) is 3.60. The van der Waals surface area contributed by atoms with Crippen LogP contribution in [0.1, 0.15) is 49.9 Å². The standard InChI is InChI=1S/C16H24N4O3S/c1-13(21)18-12-15-11-14(6-7-17-15)16-5-4-10-20(16)24(22,23)19-8-2-3-9-19/h6-7,11,16H,2-5,8-10,12H2,1H3,(H,18,21)/t16-/m0/s1. The van der Waals surface area contributed by atoms with E-state index in [-0.39, 0.29) is 11.9 Å². The van der Waals surface area contributed by atoms with Crippen LogP contribution in [0.4, 0.5) is 0 Å². The molecule has 0 spiro atoms. The Hall–Kier alpha value is -1.51. The van der Waals surface area contributed by atoms with Gasteiger partial charge < -0.3 is 5.32 Å². The summed E-state index contributed by atoms with van der Waals surface area (Å²) in [5.74, 6) is -0.110. The Bertz CT molecular complexity index is 701. The van der Waals surface area contributed by atoms with Gasteiger partial charge in [-0.2, -0.15) is 17.0 Å². The molecule has 1 amide bonds. The number of hydrogen-bond acceptors (Lipinski definition) is 4. The van der Waals surface area contributed by atoms with Crippen LogP contribution >= 0.6 is 0 Å². The van der Waals surface area contributed by atoms with Gasteiger partial charge in [-0.05, 0) is 43.4 Å². The van der Waals surface area contributed by atoms with E-state index in [4.69, 9.17) is 0 Å². The highest BCUT2D eigenvalue weighted by Gasteiger charge is 2.39. The van der Waals surface area contributed by atoms with Crippen molar-refractivity contribution in [1.82, 2.24) is 18.9 Å². The Kier molecular flexibility index (Phi) is 5.17. The van der Waals surface area contributed by atoms with Crippen molar-refractivity contribution in [3.63, 3.8) is 0 Å². The van der Waals surface area contributed by atoms with Gasteiger partial charge in [-0.25, -0.2) is 0 Å². The summed E-state index contributed by atoms with van der Waals surface area (Å²) in [6.07, 6.45) is 5.24. The molecule has 0 aliphatic carbocycles. The molecule has 1 aromatic rings. The quantitative estimate of drug-likeness (QED) is 0.863. The molecule has 132 valence electrons. The van der Waals surface area contributed by atoms with Gasteiger partial charge in [0.05, 0.1) is 18.3 Å². The summed E-state index contributed by atoms with van der Waals surface area (Å²) >= 11 is 0. The van der Waals surface area contributed by atoms with E-state index in [1.165, 1.54) is 6.92 Å². The third-order valence-electron chi connectivity index (χ3n) is 4.64. The van der Waals surface area contributed by atoms with Gasteiger partial charge in [-0.3, -0.25) is 9.78 Å². The van der Waals surface area contributed by atoms with Gasteiger partial charge in [0.15, 0.2) is 0 Å². The number of pyridine rings is 1. The highest BCUT2D eigenvalue weighted by Crippen LogP contribution is 2.36. The third-order valence-corrected chi connectivity index (χ3v) is 6.68. The number of nitrogens with one attached hydrogen (secondary N) is 1. The maximum absolute atomic E-state index is 12.9. The minimum absolute atomic E-state index is 0.110. The largest absolute Gasteiger partial charge is 0.351 e. The second kappa shape index (κ2) is 7.16. The lowest BCUT2D eigenvalue weighted by molar-refractivity contribution is -0.119. The number of carbonyl (C=O) groups excluding carboxylic acids is 1. The maximum Gasteiger partial charge on any atom is 0.282 e. The molecule has 2 saturated heterocycles. The fraction of sp³-hybridized carbons (Fsp3) is 0.625. The molecule has 0 unspecified atom stereocenters. The number of carbonyl (C=O) groups is 1. The van der Waals surface area contributed by atoms with E-state index in [1.807, 2.05) is 12.1 Å². The summed E-state index contributed by atoms with van der Waals surface area (Å²) < 4.78 is 29.0. The number of aromatic nitrogens is 1. The molecule has 2 fully saturated rings. The lowest BCUT2D eigenvalue weighted by atomic mass is 10.1. The van der Waals surface area contributed by atoms with Crippen molar-refractivity contribution >= 4 is 16.1 Å². The van der Waals surface area contributed by atoms with Crippen LogP contribution in [-0.2, 0) is 21.5 Å². The van der Waals surface area contributed by atoms with Crippen LogP contribution in [-0.4, -0.2) is 47.6 Å². The summed E-state index contributed by atoms with van der Waals surface area (Å²) in [5.41, 5.74) is 1.69. The first-order chi connectivity index (χ1) is 11.5. The average Bonchev–Trinajstić information content (AvgIpc) is 3.24. The van der Waals surface area contributed by atoms with Crippen LogP contribution in [0.5, 0.6) is 0 Å². The summed E-state index contributed by atoms with van der Waals surface area (Å²) in [4.78, 5) is 15.3. The van der Waals surface area contributed by atoms with E-state index in [9.17, 15) is 13.2 Å². The first-order valence-corrected chi connectivity index (χ1v) is 9.84. The number of hydrogen-bond donors (Lipinski definition) is 1. The predicted octanol–water partition coefficient (Wildman–Crippen LogP) is 1.20. The topological polar surface area (TPSA) is 82.6 Å². The minimum atomic E-state index is -3.40. The average molecular weight is 352 g/mol. The van der Waals surface area contributed by atoms with Crippen molar-refractivity contribution in [3.8, 4) is 0 Å². The maximum atomic E-state index is 12.9. The van der Waals surface area contributed by atoms with Crippen molar-refractivity contribution in [2.45, 2.75) is 45.2 Å². The van der Waals surface area contributed by atoms with E-state index in [0.29, 0.717) is 26.2 Å². The van der Waals surface area contributed by atoms with Crippen LogP contribution in [0.25, 0.3) is 0 Å². The molecule has 0 bridgehead atoms. The number of rotatable bonds is 5. The van der Waals surface area contributed by atoms with Crippen molar-refractivity contribution in [3.05, 3.63) is 29.6 Å². The van der Waals surface area contributed by atoms with Gasteiger partial charge in [-0.1, -0.05) is 0 Å². The van der Waals surface area contributed by atoms with E-state index >= 15 is 0 Å². The summed E-state index contributed by atoms with van der Waals surface area (Å²) in [6.45, 7) is 3.62. The van der Waals surface area contributed by atoms with Crippen LogP contribution < -0.4 is 5.32 Å². The van der Waals surface area contributed by atoms with E-state index in [0.717, 1.165) is 36.9 Å². The lowest BCUT2D eigenvalue weighted by Crippen LogP contribution is -2.42. The zero-order chi connectivity index (χ0) is 17.2. The highest BCUT2D eigenvalue weighted by atomic mass is 32.2. The molecule has 0 saturated carbocycles. The van der Waals surface area contributed by atoms with Gasteiger partial charge in [-0.15, -0.1) is 0 Å². The van der Waals surface area contributed by atoms with Gasteiger partial charge in [0.2, 0.25) is 5.91 Å². The normalized spacial score (nSPS) is 22.8. The van der Waals surface area contributed by atoms with Gasteiger partial charge in [0.25, 0.3) is 10.2 Å². The van der Waals surface area contributed by atoms with Crippen molar-refractivity contribution in [1.29, 1.82) is 0 Å². The molecule has 1 aromatic heterocycles. The fourth-order valence-electron chi connectivity index (χ4n) is 3.43. The molecule has 3 heterocycles. The second-order valence-electron chi connectivity index (χ2n) is 6.37. The van der Waals surface area contributed by atoms with Crippen molar-refractivity contribution in [2.24, 2.45) is 0 Å². The van der Waals surface area contributed by atoms with Crippen LogP contribution in [0.15, 0.2) is 18.3 Å². The summed E-state index contributed by atoms with van der Waals surface area (Å²) in [5, 5.41) is 2.72. The Balaban J connectivity index is 1.80. The predicted molar refractivity (Wildman–Crippen MR) is 90.2 cm³/mol. The number of amides is 1. The van der Waals surface area contributed by atoms with Crippen LogP contribution in [0.2, 0.25) is 0 Å². The molecule has 2 aliphatic heterocycles. The molecule has 1 N–H and O–H groups in total. The minimum Gasteiger partial charge on any atom is -0.351 e. The summed E-state index contributed by atoms with van der Waals surface area (Å²) in [7, 11) is -3.40.